The molecule has 0 bridgehead atoms. The van der Waals surface area contributed by atoms with Crippen LogP contribution in [0.25, 0.3) is 22.8 Å². The summed E-state index contributed by atoms with van der Waals surface area (Å²) in [5.41, 5.74) is 9.16. The second-order valence-electron chi connectivity index (χ2n) is 4.56. The van der Waals surface area contributed by atoms with E-state index in [-0.39, 0.29) is 6.04 Å². The molecule has 3 N–H and O–H groups in total. The first-order valence-corrected chi connectivity index (χ1v) is 6.44. The Balaban J connectivity index is 2.18. The molecule has 3 aromatic heterocycles. The number of hydrogen-bond acceptors (Lipinski definition) is 4. The molecule has 1 atom stereocenters. The monoisotopic (exact) mass is 265 g/mol. The summed E-state index contributed by atoms with van der Waals surface area (Å²) in [4.78, 5) is 16.6. The van der Waals surface area contributed by atoms with E-state index in [2.05, 4.69) is 19.9 Å². The van der Waals surface area contributed by atoms with Gasteiger partial charge in [0.2, 0.25) is 0 Å². The third-order valence-corrected chi connectivity index (χ3v) is 2.98. The number of nitrogens with one attached hydrogen (secondary N) is 1. The van der Waals surface area contributed by atoms with Gasteiger partial charge in [0.05, 0.1) is 23.1 Å². The summed E-state index contributed by atoms with van der Waals surface area (Å²) in [7, 11) is 0. The van der Waals surface area contributed by atoms with Crippen molar-refractivity contribution in [3.05, 3.63) is 54.6 Å². The van der Waals surface area contributed by atoms with Crippen LogP contribution in [-0.4, -0.2) is 19.9 Å². The molecule has 0 fully saturated rings. The zero-order chi connectivity index (χ0) is 13.9. The highest BCUT2D eigenvalue weighted by atomic mass is 15.0. The third-order valence-electron chi connectivity index (χ3n) is 2.98. The standard InChI is InChI=1S/C15H15N5/c1-10(16)15-19-13(11-6-2-4-8-17-11)14(20-15)12-7-3-5-9-18-12/h2-10H,16H2,1H3,(H,19,20). The van der Waals surface area contributed by atoms with Gasteiger partial charge in [-0.3, -0.25) is 9.97 Å². The topological polar surface area (TPSA) is 80.5 Å². The van der Waals surface area contributed by atoms with Gasteiger partial charge in [0.15, 0.2) is 0 Å². The van der Waals surface area contributed by atoms with Crippen LogP contribution < -0.4 is 5.73 Å². The highest BCUT2D eigenvalue weighted by Gasteiger charge is 2.17. The molecule has 0 aliphatic rings. The molecule has 5 nitrogen and oxygen atoms in total. The average Bonchev–Trinajstić information content (AvgIpc) is 2.94. The maximum atomic E-state index is 5.92. The molecular weight excluding hydrogens is 250 g/mol. The van der Waals surface area contributed by atoms with Crippen LogP contribution >= 0.6 is 0 Å². The largest absolute Gasteiger partial charge is 0.339 e. The Morgan fingerprint density at radius 1 is 1.00 bits per heavy atom. The molecule has 0 saturated carbocycles. The lowest BCUT2D eigenvalue weighted by Gasteiger charge is -2.01. The normalized spacial score (nSPS) is 12.3. The fraction of sp³-hybridized carbons (Fsp3) is 0.133. The number of imidazole rings is 1. The van der Waals surface area contributed by atoms with Gasteiger partial charge in [0.1, 0.15) is 11.5 Å². The Morgan fingerprint density at radius 2 is 1.65 bits per heavy atom. The van der Waals surface area contributed by atoms with Gasteiger partial charge in [-0.25, -0.2) is 4.98 Å². The van der Waals surface area contributed by atoms with E-state index in [0.717, 1.165) is 28.6 Å². The lowest BCUT2D eigenvalue weighted by molar-refractivity contribution is 0.756. The van der Waals surface area contributed by atoms with Crippen LogP contribution in [0.1, 0.15) is 18.8 Å². The van der Waals surface area contributed by atoms with Gasteiger partial charge in [-0.1, -0.05) is 12.1 Å². The van der Waals surface area contributed by atoms with Crippen molar-refractivity contribution in [3.8, 4) is 22.8 Å². The van der Waals surface area contributed by atoms with Crippen LogP contribution in [0.3, 0.4) is 0 Å². The van der Waals surface area contributed by atoms with E-state index in [1.807, 2.05) is 43.3 Å². The molecular formula is C15H15N5. The number of aromatic nitrogens is 4. The second-order valence-corrected chi connectivity index (χ2v) is 4.56. The van der Waals surface area contributed by atoms with Gasteiger partial charge in [-0.15, -0.1) is 0 Å². The molecule has 0 saturated heterocycles. The molecule has 0 amide bonds. The second kappa shape index (κ2) is 5.22. The Hall–Kier alpha value is -2.53. The maximum absolute atomic E-state index is 5.92. The molecule has 5 heteroatoms. The molecule has 20 heavy (non-hydrogen) atoms. The summed E-state index contributed by atoms with van der Waals surface area (Å²) in [6, 6.07) is 11.3. The summed E-state index contributed by atoms with van der Waals surface area (Å²) >= 11 is 0. The summed E-state index contributed by atoms with van der Waals surface area (Å²) in [5.74, 6) is 0.728. The van der Waals surface area contributed by atoms with Gasteiger partial charge in [0, 0.05) is 12.4 Å². The van der Waals surface area contributed by atoms with Crippen molar-refractivity contribution in [1.29, 1.82) is 0 Å². The lowest BCUT2D eigenvalue weighted by Crippen LogP contribution is -2.06. The highest BCUT2D eigenvalue weighted by Crippen LogP contribution is 2.28. The van der Waals surface area contributed by atoms with Crippen molar-refractivity contribution < 1.29 is 0 Å². The van der Waals surface area contributed by atoms with Gasteiger partial charge >= 0.3 is 0 Å². The predicted octanol–water partition coefficient (Wildman–Crippen LogP) is 2.55. The van der Waals surface area contributed by atoms with Gasteiger partial charge in [-0.05, 0) is 31.2 Å². The van der Waals surface area contributed by atoms with E-state index in [0.29, 0.717) is 0 Å². The number of rotatable bonds is 3. The van der Waals surface area contributed by atoms with Crippen LogP contribution in [0.15, 0.2) is 48.8 Å². The molecule has 0 aromatic carbocycles. The van der Waals surface area contributed by atoms with Crippen LogP contribution in [-0.2, 0) is 0 Å². The Morgan fingerprint density at radius 3 is 2.20 bits per heavy atom. The van der Waals surface area contributed by atoms with E-state index >= 15 is 0 Å². The van der Waals surface area contributed by atoms with Crippen LogP contribution in [0.4, 0.5) is 0 Å². The fourth-order valence-corrected chi connectivity index (χ4v) is 1.99. The smallest absolute Gasteiger partial charge is 0.124 e. The van der Waals surface area contributed by atoms with Gasteiger partial charge in [-0.2, -0.15) is 0 Å². The Labute approximate surface area is 116 Å². The maximum Gasteiger partial charge on any atom is 0.124 e. The SMILES string of the molecule is CC(N)c1nc(-c2ccccn2)c(-c2ccccn2)[nH]1. The van der Waals surface area contributed by atoms with Crippen molar-refractivity contribution in [2.75, 3.05) is 0 Å². The molecule has 0 spiro atoms. The first kappa shape index (κ1) is 12.5. The first-order chi connectivity index (χ1) is 9.75. The molecule has 3 rings (SSSR count). The van der Waals surface area contributed by atoms with E-state index < -0.39 is 0 Å². The first-order valence-electron chi connectivity index (χ1n) is 6.44. The average molecular weight is 265 g/mol. The summed E-state index contributed by atoms with van der Waals surface area (Å²) in [5, 5.41) is 0. The predicted molar refractivity (Wildman–Crippen MR) is 77.7 cm³/mol. The zero-order valence-corrected chi connectivity index (χ0v) is 11.1. The lowest BCUT2D eigenvalue weighted by atomic mass is 10.2. The van der Waals surface area contributed by atoms with Crippen molar-refractivity contribution in [1.82, 2.24) is 19.9 Å². The Bertz CT molecular complexity index is 632. The molecule has 0 aliphatic carbocycles. The van der Waals surface area contributed by atoms with E-state index in [4.69, 9.17) is 5.73 Å². The molecule has 0 aliphatic heterocycles. The minimum Gasteiger partial charge on any atom is -0.339 e. The molecule has 1 unspecified atom stereocenters. The number of H-pyrrole nitrogens is 1. The van der Waals surface area contributed by atoms with Crippen LogP contribution in [0.2, 0.25) is 0 Å². The third kappa shape index (κ3) is 2.31. The van der Waals surface area contributed by atoms with Crippen LogP contribution in [0.5, 0.6) is 0 Å². The number of nitrogens with zero attached hydrogens (tertiary/aromatic N) is 3. The summed E-state index contributed by atoms with van der Waals surface area (Å²) in [6.07, 6.45) is 3.50. The molecule has 3 aromatic rings. The van der Waals surface area contributed by atoms with Crippen molar-refractivity contribution in [2.45, 2.75) is 13.0 Å². The van der Waals surface area contributed by atoms with E-state index in [9.17, 15) is 0 Å². The molecule has 3 heterocycles. The van der Waals surface area contributed by atoms with Crippen molar-refractivity contribution in [2.24, 2.45) is 5.73 Å². The highest BCUT2D eigenvalue weighted by molar-refractivity contribution is 5.74. The van der Waals surface area contributed by atoms with Crippen molar-refractivity contribution in [3.63, 3.8) is 0 Å². The number of nitrogens with two attached hydrogens (primary N) is 1. The number of hydrogen-bond donors (Lipinski definition) is 2. The minimum atomic E-state index is -0.171. The van der Waals surface area contributed by atoms with Crippen LogP contribution in [0, 0.1) is 0 Å². The molecule has 100 valence electrons. The van der Waals surface area contributed by atoms with Gasteiger partial charge < -0.3 is 10.7 Å². The van der Waals surface area contributed by atoms with Crippen molar-refractivity contribution >= 4 is 0 Å². The van der Waals surface area contributed by atoms with E-state index in [1.54, 1.807) is 12.4 Å². The van der Waals surface area contributed by atoms with Gasteiger partial charge in [0.25, 0.3) is 0 Å². The minimum absolute atomic E-state index is 0.171. The Kier molecular flexibility index (Phi) is 3.26. The summed E-state index contributed by atoms with van der Waals surface area (Å²) in [6.45, 7) is 1.89. The van der Waals surface area contributed by atoms with E-state index in [1.165, 1.54) is 0 Å². The number of aromatic amines is 1. The molecule has 0 radical (unpaired) electrons. The number of pyridine rings is 2. The zero-order valence-electron chi connectivity index (χ0n) is 11.1. The summed E-state index contributed by atoms with van der Waals surface area (Å²) < 4.78 is 0. The quantitative estimate of drug-likeness (QED) is 0.762. The fourth-order valence-electron chi connectivity index (χ4n) is 1.99.